The van der Waals surface area contributed by atoms with Gasteiger partial charge in [0.1, 0.15) is 0 Å². The van der Waals surface area contributed by atoms with Crippen LogP contribution in [0.3, 0.4) is 0 Å². The molecule has 13 heavy (non-hydrogen) atoms. The van der Waals surface area contributed by atoms with E-state index in [-0.39, 0.29) is 0 Å². The molecule has 0 saturated carbocycles. The normalized spacial score (nSPS) is 13.0. The molecule has 0 radical (unpaired) electrons. The second kappa shape index (κ2) is 6.01. The van der Waals surface area contributed by atoms with Crippen molar-refractivity contribution in [2.75, 3.05) is 0 Å². The summed E-state index contributed by atoms with van der Waals surface area (Å²) in [7, 11) is 0. The first-order valence-electron chi connectivity index (χ1n) is 5.29. The molecular formula is C13H24. The Kier molecular flexibility index (Phi) is 5.77. The van der Waals surface area contributed by atoms with Gasteiger partial charge in [-0.15, -0.1) is 0 Å². The monoisotopic (exact) mass is 180 g/mol. The molecule has 0 nitrogen and oxygen atoms in total. The van der Waals surface area contributed by atoms with Crippen LogP contribution in [0.2, 0.25) is 0 Å². The van der Waals surface area contributed by atoms with E-state index in [2.05, 4.69) is 40.9 Å². The van der Waals surface area contributed by atoms with E-state index in [0.717, 1.165) is 18.8 Å². The first-order chi connectivity index (χ1) is 5.97. The molecule has 76 valence electrons. The van der Waals surface area contributed by atoms with Crippen molar-refractivity contribution in [2.45, 2.75) is 47.0 Å². The molecule has 0 aliphatic heterocycles. The third-order valence-electron chi connectivity index (χ3n) is 2.49. The van der Waals surface area contributed by atoms with Gasteiger partial charge >= 0.3 is 0 Å². The van der Waals surface area contributed by atoms with Crippen LogP contribution in [0.4, 0.5) is 0 Å². The Morgan fingerprint density at radius 2 is 1.77 bits per heavy atom. The third kappa shape index (κ3) is 5.68. The molecule has 0 fully saturated rings. The predicted molar refractivity (Wildman–Crippen MR) is 61.8 cm³/mol. The van der Waals surface area contributed by atoms with Crippen LogP contribution >= 0.6 is 0 Å². The molecule has 0 spiro atoms. The molecule has 0 heterocycles. The molecule has 0 rings (SSSR count). The predicted octanol–water partition coefficient (Wildman–Crippen LogP) is 4.58. The smallest absolute Gasteiger partial charge is 0.0169 e. The Bertz CT molecular complexity index is 174. The molecule has 0 aliphatic carbocycles. The first-order valence-corrected chi connectivity index (χ1v) is 5.29. The van der Waals surface area contributed by atoms with Gasteiger partial charge in [-0.2, -0.15) is 0 Å². The summed E-state index contributed by atoms with van der Waals surface area (Å²) in [6, 6.07) is 0. The molecule has 0 heteroatoms. The lowest BCUT2D eigenvalue weighted by atomic mass is 9.86. The van der Waals surface area contributed by atoms with Crippen LogP contribution in [0.5, 0.6) is 0 Å². The van der Waals surface area contributed by atoms with Gasteiger partial charge in [0.15, 0.2) is 0 Å². The van der Waals surface area contributed by atoms with Gasteiger partial charge in [0.05, 0.1) is 0 Å². The zero-order chi connectivity index (χ0) is 10.4. The van der Waals surface area contributed by atoms with Gasteiger partial charge in [-0.1, -0.05) is 45.1 Å². The summed E-state index contributed by atoms with van der Waals surface area (Å²) >= 11 is 0. The first kappa shape index (κ1) is 12.5. The largest absolute Gasteiger partial charge is 0.0999 e. The van der Waals surface area contributed by atoms with Crippen LogP contribution in [-0.2, 0) is 0 Å². The molecule has 0 aromatic carbocycles. The molecule has 0 aliphatic rings. The number of hydrogen-bond donors (Lipinski definition) is 0. The van der Waals surface area contributed by atoms with E-state index in [1.165, 1.54) is 17.6 Å². The topological polar surface area (TPSA) is 0 Å². The summed E-state index contributed by atoms with van der Waals surface area (Å²) in [5.41, 5.74) is 2.66. The Morgan fingerprint density at radius 1 is 1.23 bits per heavy atom. The Morgan fingerprint density at radius 3 is 2.08 bits per heavy atom. The van der Waals surface area contributed by atoms with Gasteiger partial charge < -0.3 is 0 Å². The second-order valence-electron chi connectivity index (χ2n) is 4.48. The maximum Gasteiger partial charge on any atom is -0.0169 e. The van der Waals surface area contributed by atoms with Gasteiger partial charge in [0.2, 0.25) is 0 Å². The van der Waals surface area contributed by atoms with E-state index in [1.807, 2.05) is 0 Å². The minimum atomic E-state index is 0.646. The number of allylic oxidation sites excluding steroid dienone is 2. The summed E-state index contributed by atoms with van der Waals surface area (Å²) in [6.07, 6.45) is 3.47. The summed E-state index contributed by atoms with van der Waals surface area (Å²) in [5, 5.41) is 0. The summed E-state index contributed by atoms with van der Waals surface area (Å²) in [4.78, 5) is 0. The lowest BCUT2D eigenvalue weighted by Crippen LogP contribution is -2.06. The number of rotatable bonds is 6. The fourth-order valence-corrected chi connectivity index (χ4v) is 1.52. The van der Waals surface area contributed by atoms with Gasteiger partial charge in [-0.3, -0.25) is 0 Å². The van der Waals surface area contributed by atoms with Crippen molar-refractivity contribution in [2.24, 2.45) is 11.8 Å². The molecule has 0 amide bonds. The molecule has 0 saturated heterocycles. The molecule has 1 atom stereocenters. The highest BCUT2D eigenvalue weighted by atomic mass is 14.2. The minimum Gasteiger partial charge on any atom is -0.0999 e. The van der Waals surface area contributed by atoms with Crippen molar-refractivity contribution in [3.05, 3.63) is 24.3 Å². The summed E-state index contributed by atoms with van der Waals surface area (Å²) < 4.78 is 0. The van der Waals surface area contributed by atoms with Crippen LogP contribution in [0.25, 0.3) is 0 Å². The fourth-order valence-electron chi connectivity index (χ4n) is 1.52. The lowest BCUT2D eigenvalue weighted by molar-refractivity contribution is 0.453. The van der Waals surface area contributed by atoms with Crippen molar-refractivity contribution >= 4 is 0 Å². The molecule has 0 aromatic rings. The van der Waals surface area contributed by atoms with Gasteiger partial charge in [-0.25, -0.2) is 0 Å². The van der Waals surface area contributed by atoms with E-state index in [0.29, 0.717) is 5.92 Å². The minimum absolute atomic E-state index is 0.646. The highest BCUT2D eigenvalue weighted by Crippen LogP contribution is 2.25. The van der Waals surface area contributed by atoms with Gasteiger partial charge in [-0.05, 0) is 38.0 Å². The van der Waals surface area contributed by atoms with E-state index in [1.54, 1.807) is 0 Å². The quantitative estimate of drug-likeness (QED) is 0.525. The Labute approximate surface area is 83.7 Å². The Balaban J connectivity index is 4.10. The van der Waals surface area contributed by atoms with Crippen LogP contribution in [-0.4, -0.2) is 0 Å². The molecule has 1 unspecified atom stereocenters. The van der Waals surface area contributed by atoms with E-state index >= 15 is 0 Å². The van der Waals surface area contributed by atoms with Crippen LogP contribution in [0.1, 0.15) is 47.0 Å². The van der Waals surface area contributed by atoms with E-state index < -0.39 is 0 Å². The fraction of sp³-hybridized carbons (Fsp3) is 0.692. The van der Waals surface area contributed by atoms with Crippen LogP contribution in [0, 0.1) is 11.8 Å². The maximum atomic E-state index is 4.06. The lowest BCUT2D eigenvalue weighted by Gasteiger charge is -2.19. The number of hydrogen-bond acceptors (Lipinski definition) is 0. The molecular weight excluding hydrogens is 156 g/mol. The van der Waals surface area contributed by atoms with Gasteiger partial charge in [0.25, 0.3) is 0 Å². The van der Waals surface area contributed by atoms with Crippen molar-refractivity contribution in [3.8, 4) is 0 Å². The standard InChI is InChI=1S/C13H24/c1-7-12(6)9-13(11(4)5)8-10(2)3/h10,13H,4,6-9H2,1-3,5H3. The van der Waals surface area contributed by atoms with Crippen molar-refractivity contribution in [3.63, 3.8) is 0 Å². The van der Waals surface area contributed by atoms with Gasteiger partial charge in [0, 0.05) is 0 Å². The second-order valence-corrected chi connectivity index (χ2v) is 4.48. The zero-order valence-corrected chi connectivity index (χ0v) is 9.69. The average molecular weight is 180 g/mol. The van der Waals surface area contributed by atoms with Crippen LogP contribution < -0.4 is 0 Å². The van der Waals surface area contributed by atoms with Crippen LogP contribution in [0.15, 0.2) is 24.3 Å². The SMILES string of the molecule is C=C(CC)CC(CC(C)C)C(=C)C. The zero-order valence-electron chi connectivity index (χ0n) is 9.69. The maximum absolute atomic E-state index is 4.06. The summed E-state index contributed by atoms with van der Waals surface area (Å²) in [6.45, 7) is 17.0. The Hall–Kier alpha value is -0.520. The molecule has 0 bridgehead atoms. The molecule has 0 aromatic heterocycles. The highest BCUT2D eigenvalue weighted by Gasteiger charge is 2.12. The molecule has 0 N–H and O–H groups in total. The van der Waals surface area contributed by atoms with Crippen molar-refractivity contribution < 1.29 is 0 Å². The van der Waals surface area contributed by atoms with E-state index in [9.17, 15) is 0 Å². The third-order valence-corrected chi connectivity index (χ3v) is 2.49. The van der Waals surface area contributed by atoms with Crippen molar-refractivity contribution in [1.82, 2.24) is 0 Å². The average Bonchev–Trinajstić information content (AvgIpc) is 2.02. The summed E-state index contributed by atoms with van der Waals surface area (Å²) in [5.74, 6) is 1.40. The van der Waals surface area contributed by atoms with E-state index in [4.69, 9.17) is 0 Å². The highest BCUT2D eigenvalue weighted by molar-refractivity contribution is 5.04. The van der Waals surface area contributed by atoms with Crippen molar-refractivity contribution in [1.29, 1.82) is 0 Å².